The molecule has 4 heteroatoms. The summed E-state index contributed by atoms with van der Waals surface area (Å²) in [5.74, 6) is -0.171. The molecule has 3 nitrogen and oxygen atoms in total. The highest BCUT2D eigenvalue weighted by Gasteiger charge is 2.23. The molecule has 0 heterocycles. The van der Waals surface area contributed by atoms with Crippen molar-refractivity contribution in [2.45, 2.75) is 32.4 Å². The summed E-state index contributed by atoms with van der Waals surface area (Å²) in [4.78, 5) is 11.7. The minimum atomic E-state index is -0.860. The van der Waals surface area contributed by atoms with E-state index in [-0.39, 0.29) is 11.9 Å². The topological polar surface area (TPSA) is 55.1 Å². The number of nitrogens with one attached hydrogen (secondary N) is 1. The van der Waals surface area contributed by atoms with Crippen LogP contribution < -0.4 is 11.1 Å². The van der Waals surface area contributed by atoms with E-state index in [1.165, 1.54) is 0 Å². The van der Waals surface area contributed by atoms with Crippen LogP contribution in [0.2, 0.25) is 5.02 Å². The maximum atomic E-state index is 11.7. The Morgan fingerprint density at radius 1 is 1.38 bits per heavy atom. The Labute approximate surface area is 101 Å². The second kappa shape index (κ2) is 4.85. The van der Waals surface area contributed by atoms with E-state index in [0.29, 0.717) is 5.02 Å². The summed E-state index contributed by atoms with van der Waals surface area (Å²) in [5, 5.41) is 3.53. The molecule has 0 aliphatic heterocycles. The van der Waals surface area contributed by atoms with Crippen molar-refractivity contribution in [2.75, 3.05) is 0 Å². The molecule has 1 amide bonds. The van der Waals surface area contributed by atoms with Crippen molar-refractivity contribution in [1.29, 1.82) is 0 Å². The lowest BCUT2D eigenvalue weighted by Gasteiger charge is -2.22. The van der Waals surface area contributed by atoms with Gasteiger partial charge in [0.15, 0.2) is 0 Å². The van der Waals surface area contributed by atoms with Crippen LogP contribution in [0.3, 0.4) is 0 Å². The molecule has 1 unspecified atom stereocenters. The first kappa shape index (κ1) is 13.0. The highest BCUT2D eigenvalue weighted by molar-refractivity contribution is 6.30. The average Bonchev–Trinajstić information content (AvgIpc) is 2.17. The fraction of sp³-hybridized carbons (Fsp3) is 0.417. The lowest BCUT2D eigenvalue weighted by Crippen LogP contribution is -2.49. The van der Waals surface area contributed by atoms with Gasteiger partial charge in [-0.15, -0.1) is 0 Å². The lowest BCUT2D eigenvalue weighted by atomic mass is 10.0. The molecule has 0 saturated carbocycles. The van der Waals surface area contributed by atoms with Crippen molar-refractivity contribution in [3.05, 3.63) is 34.9 Å². The minimum absolute atomic E-state index is 0.0763. The van der Waals surface area contributed by atoms with Gasteiger partial charge in [0.05, 0.1) is 11.6 Å². The summed E-state index contributed by atoms with van der Waals surface area (Å²) in [6.07, 6.45) is 0. The number of rotatable bonds is 3. The molecule has 1 rings (SSSR count). The number of halogens is 1. The van der Waals surface area contributed by atoms with Gasteiger partial charge in [0.25, 0.3) is 0 Å². The number of hydrogen-bond donors (Lipinski definition) is 2. The molecule has 0 aromatic heterocycles. The monoisotopic (exact) mass is 240 g/mol. The standard InChI is InChI=1S/C12H17ClN2O/c1-8(15-11(16)12(2,3)14)9-4-6-10(13)7-5-9/h4-8H,14H2,1-3H3,(H,15,16). The fourth-order valence-electron chi connectivity index (χ4n) is 1.22. The number of nitrogens with two attached hydrogens (primary N) is 1. The van der Waals surface area contributed by atoms with Gasteiger partial charge >= 0.3 is 0 Å². The number of amides is 1. The largest absolute Gasteiger partial charge is 0.348 e. The SMILES string of the molecule is CC(NC(=O)C(C)(C)N)c1ccc(Cl)cc1. The summed E-state index contributed by atoms with van der Waals surface area (Å²) < 4.78 is 0. The molecule has 0 spiro atoms. The molecular weight excluding hydrogens is 224 g/mol. The molecule has 0 aliphatic carbocycles. The van der Waals surface area contributed by atoms with Crippen LogP contribution in [0.1, 0.15) is 32.4 Å². The first-order chi connectivity index (χ1) is 7.30. The predicted octanol–water partition coefficient (Wildman–Crippen LogP) is 2.25. The number of carbonyl (C=O) groups is 1. The Hall–Kier alpha value is -1.06. The molecule has 88 valence electrons. The van der Waals surface area contributed by atoms with Crippen LogP contribution in [0.25, 0.3) is 0 Å². The quantitative estimate of drug-likeness (QED) is 0.852. The second-order valence-corrected chi connectivity index (χ2v) is 4.90. The second-order valence-electron chi connectivity index (χ2n) is 4.47. The summed E-state index contributed by atoms with van der Waals surface area (Å²) >= 11 is 5.79. The lowest BCUT2D eigenvalue weighted by molar-refractivity contribution is -0.125. The van der Waals surface area contributed by atoms with E-state index in [0.717, 1.165) is 5.56 Å². The van der Waals surface area contributed by atoms with Gasteiger partial charge < -0.3 is 11.1 Å². The van der Waals surface area contributed by atoms with Crippen molar-refractivity contribution in [2.24, 2.45) is 5.73 Å². The Morgan fingerprint density at radius 3 is 2.31 bits per heavy atom. The number of hydrogen-bond acceptors (Lipinski definition) is 2. The maximum absolute atomic E-state index is 11.7. The normalized spacial score (nSPS) is 13.3. The third kappa shape index (κ3) is 3.51. The molecule has 1 aromatic carbocycles. The fourth-order valence-corrected chi connectivity index (χ4v) is 1.34. The minimum Gasteiger partial charge on any atom is -0.348 e. The van der Waals surface area contributed by atoms with Crippen LogP contribution in [0.4, 0.5) is 0 Å². The van der Waals surface area contributed by atoms with E-state index in [2.05, 4.69) is 5.32 Å². The zero-order valence-electron chi connectivity index (χ0n) is 9.75. The zero-order chi connectivity index (χ0) is 12.3. The Balaban J connectivity index is 2.69. The third-order valence-electron chi connectivity index (χ3n) is 2.30. The molecule has 16 heavy (non-hydrogen) atoms. The van der Waals surface area contributed by atoms with Gasteiger partial charge in [-0.25, -0.2) is 0 Å². The smallest absolute Gasteiger partial charge is 0.239 e. The van der Waals surface area contributed by atoms with Crippen LogP contribution in [0, 0.1) is 0 Å². The molecule has 1 atom stereocenters. The molecule has 3 N–H and O–H groups in total. The highest BCUT2D eigenvalue weighted by atomic mass is 35.5. The van der Waals surface area contributed by atoms with Crippen molar-refractivity contribution < 1.29 is 4.79 Å². The Bertz CT molecular complexity index is 368. The number of carbonyl (C=O) groups excluding carboxylic acids is 1. The molecule has 0 fully saturated rings. The predicted molar refractivity (Wildman–Crippen MR) is 66.3 cm³/mol. The molecular formula is C12H17ClN2O. The van der Waals surface area contributed by atoms with Gasteiger partial charge in [-0.3, -0.25) is 4.79 Å². The van der Waals surface area contributed by atoms with Crippen molar-refractivity contribution in [1.82, 2.24) is 5.32 Å². The van der Waals surface area contributed by atoms with Crippen molar-refractivity contribution in [3.63, 3.8) is 0 Å². The molecule has 0 radical (unpaired) electrons. The maximum Gasteiger partial charge on any atom is 0.239 e. The Kier molecular flexibility index (Phi) is 3.94. The van der Waals surface area contributed by atoms with Crippen molar-refractivity contribution >= 4 is 17.5 Å². The van der Waals surface area contributed by atoms with E-state index in [1.54, 1.807) is 26.0 Å². The van der Waals surface area contributed by atoms with Gasteiger partial charge in [0.1, 0.15) is 0 Å². The van der Waals surface area contributed by atoms with Gasteiger partial charge in [0, 0.05) is 5.02 Å². The van der Waals surface area contributed by atoms with Gasteiger partial charge in [-0.2, -0.15) is 0 Å². The molecule has 0 saturated heterocycles. The van der Waals surface area contributed by atoms with Gasteiger partial charge in [-0.05, 0) is 38.5 Å². The number of benzene rings is 1. The summed E-state index contributed by atoms with van der Waals surface area (Å²) in [7, 11) is 0. The summed E-state index contributed by atoms with van der Waals surface area (Å²) in [6, 6.07) is 7.29. The first-order valence-corrected chi connectivity index (χ1v) is 5.54. The highest BCUT2D eigenvalue weighted by Crippen LogP contribution is 2.16. The van der Waals surface area contributed by atoms with Crippen molar-refractivity contribution in [3.8, 4) is 0 Å². The van der Waals surface area contributed by atoms with E-state index in [9.17, 15) is 4.79 Å². The van der Waals surface area contributed by atoms with Crippen LogP contribution >= 0.6 is 11.6 Å². The van der Waals surface area contributed by atoms with Gasteiger partial charge in [0.2, 0.25) is 5.91 Å². The van der Waals surface area contributed by atoms with Crippen LogP contribution in [-0.4, -0.2) is 11.4 Å². The van der Waals surface area contributed by atoms with Gasteiger partial charge in [-0.1, -0.05) is 23.7 Å². The van der Waals surface area contributed by atoms with E-state index >= 15 is 0 Å². The first-order valence-electron chi connectivity index (χ1n) is 5.16. The summed E-state index contributed by atoms with van der Waals surface area (Å²) in [5.41, 5.74) is 5.84. The van der Waals surface area contributed by atoms with Crippen LogP contribution in [-0.2, 0) is 4.79 Å². The van der Waals surface area contributed by atoms with E-state index < -0.39 is 5.54 Å². The van der Waals surface area contributed by atoms with E-state index in [1.807, 2.05) is 19.1 Å². The zero-order valence-corrected chi connectivity index (χ0v) is 10.5. The van der Waals surface area contributed by atoms with Crippen LogP contribution in [0.5, 0.6) is 0 Å². The third-order valence-corrected chi connectivity index (χ3v) is 2.55. The van der Waals surface area contributed by atoms with Crippen LogP contribution in [0.15, 0.2) is 24.3 Å². The molecule has 1 aromatic rings. The molecule has 0 bridgehead atoms. The molecule has 0 aliphatic rings. The average molecular weight is 241 g/mol. The Morgan fingerprint density at radius 2 is 1.88 bits per heavy atom. The van der Waals surface area contributed by atoms with E-state index in [4.69, 9.17) is 17.3 Å². The summed E-state index contributed by atoms with van der Waals surface area (Å²) in [6.45, 7) is 5.26.